The summed E-state index contributed by atoms with van der Waals surface area (Å²) in [6.45, 7) is 3.53. The molecule has 26 heavy (non-hydrogen) atoms. The summed E-state index contributed by atoms with van der Waals surface area (Å²) in [7, 11) is 2.91. The number of aromatic nitrogens is 3. The summed E-state index contributed by atoms with van der Waals surface area (Å²) >= 11 is 0. The molecule has 3 rings (SSSR count). The first-order valence-corrected chi connectivity index (χ1v) is 8.45. The van der Waals surface area contributed by atoms with E-state index in [-0.39, 0.29) is 11.8 Å². The van der Waals surface area contributed by atoms with Crippen molar-refractivity contribution in [3.05, 3.63) is 35.7 Å². The first-order valence-electron chi connectivity index (χ1n) is 8.45. The Morgan fingerprint density at radius 1 is 1.19 bits per heavy atom. The van der Waals surface area contributed by atoms with Crippen LogP contribution in [0.25, 0.3) is 0 Å². The number of hydrogen-bond acceptors (Lipinski definition) is 8. The molecule has 1 saturated heterocycles. The van der Waals surface area contributed by atoms with E-state index in [0.717, 1.165) is 43.1 Å². The smallest absolute Gasteiger partial charge is 0.358 e. The van der Waals surface area contributed by atoms with E-state index in [4.69, 9.17) is 9.47 Å². The molecule has 2 aromatic rings. The number of rotatable bonds is 5. The summed E-state index contributed by atoms with van der Waals surface area (Å²) in [4.78, 5) is 17.9. The molecule has 0 radical (unpaired) electrons. The van der Waals surface area contributed by atoms with Gasteiger partial charge in [0.15, 0.2) is 11.5 Å². The van der Waals surface area contributed by atoms with Crippen LogP contribution in [0.5, 0.6) is 11.6 Å². The average molecular weight is 358 g/mol. The molecule has 0 bridgehead atoms. The summed E-state index contributed by atoms with van der Waals surface area (Å²) in [6.07, 6.45) is 3.54. The number of carbonyl (C=O) groups excluding carboxylic acids is 1. The quantitative estimate of drug-likeness (QED) is 0.751. The molecular formula is C18H22N4O4. The van der Waals surface area contributed by atoms with E-state index in [0.29, 0.717) is 5.88 Å². The molecule has 3 heterocycles. The van der Waals surface area contributed by atoms with E-state index < -0.39 is 5.97 Å². The third-order valence-corrected chi connectivity index (χ3v) is 4.32. The van der Waals surface area contributed by atoms with Crippen molar-refractivity contribution < 1.29 is 19.0 Å². The van der Waals surface area contributed by atoms with Crippen molar-refractivity contribution in [2.45, 2.75) is 25.9 Å². The number of pyridine rings is 1. The second-order valence-electron chi connectivity index (χ2n) is 6.07. The minimum atomic E-state index is -0.479. The first kappa shape index (κ1) is 17.9. The maximum Gasteiger partial charge on any atom is 0.358 e. The Hall–Kier alpha value is -2.90. The number of carbonyl (C=O) groups is 1. The van der Waals surface area contributed by atoms with Crippen molar-refractivity contribution in [3.63, 3.8) is 0 Å². The van der Waals surface area contributed by atoms with Crippen LogP contribution in [0.2, 0.25) is 0 Å². The predicted octanol–water partition coefficient (Wildman–Crippen LogP) is 2.02. The van der Waals surface area contributed by atoms with Crippen LogP contribution in [0.15, 0.2) is 24.4 Å². The van der Waals surface area contributed by atoms with Crippen LogP contribution in [-0.4, -0.2) is 54.6 Å². The zero-order chi connectivity index (χ0) is 18.5. The van der Waals surface area contributed by atoms with Crippen LogP contribution in [0.3, 0.4) is 0 Å². The fourth-order valence-electron chi connectivity index (χ4n) is 2.93. The largest absolute Gasteiger partial charge is 0.489 e. The second-order valence-corrected chi connectivity index (χ2v) is 6.07. The second kappa shape index (κ2) is 7.99. The van der Waals surface area contributed by atoms with Gasteiger partial charge < -0.3 is 19.1 Å². The Balaban J connectivity index is 1.58. The Kier molecular flexibility index (Phi) is 5.50. The number of nitrogens with zero attached hydrogens (tertiary/aromatic N) is 4. The topological polar surface area (TPSA) is 86.7 Å². The van der Waals surface area contributed by atoms with Crippen LogP contribution in [0, 0.1) is 6.92 Å². The summed E-state index contributed by atoms with van der Waals surface area (Å²) in [5.41, 5.74) is 1.12. The molecule has 0 unspecified atom stereocenters. The minimum Gasteiger partial charge on any atom is -0.489 e. The highest BCUT2D eigenvalue weighted by molar-refractivity contribution is 5.87. The van der Waals surface area contributed by atoms with Gasteiger partial charge in [0.2, 0.25) is 5.88 Å². The molecule has 0 amide bonds. The number of esters is 1. The van der Waals surface area contributed by atoms with Crippen molar-refractivity contribution >= 4 is 11.8 Å². The first-order chi connectivity index (χ1) is 12.6. The standard InChI is InChI=1S/C18H22N4O4/c1-12-10-15(18(23)25-3)20-21-17(12)22-8-6-13(7-9-22)26-14-4-5-16(24-2)19-11-14/h4-5,10-11,13H,6-9H2,1-3H3. The normalized spacial score (nSPS) is 14.8. The molecule has 0 aliphatic carbocycles. The SMILES string of the molecule is COC(=O)c1cc(C)c(N2CCC(Oc3ccc(OC)nc3)CC2)nn1. The summed E-state index contributed by atoms with van der Waals surface area (Å²) in [5, 5.41) is 8.18. The fourth-order valence-corrected chi connectivity index (χ4v) is 2.93. The van der Waals surface area contributed by atoms with Gasteiger partial charge >= 0.3 is 5.97 Å². The van der Waals surface area contributed by atoms with Crippen LogP contribution in [0.1, 0.15) is 28.9 Å². The van der Waals surface area contributed by atoms with E-state index >= 15 is 0 Å². The lowest BCUT2D eigenvalue weighted by Crippen LogP contribution is -2.39. The third kappa shape index (κ3) is 4.01. The summed E-state index contributed by atoms with van der Waals surface area (Å²) < 4.78 is 15.7. The monoisotopic (exact) mass is 358 g/mol. The Bertz CT molecular complexity index is 758. The molecule has 0 spiro atoms. The van der Waals surface area contributed by atoms with E-state index in [1.54, 1.807) is 25.4 Å². The van der Waals surface area contributed by atoms with Gasteiger partial charge in [-0.25, -0.2) is 9.78 Å². The molecular weight excluding hydrogens is 336 g/mol. The van der Waals surface area contributed by atoms with Crippen LogP contribution >= 0.6 is 0 Å². The molecule has 2 aromatic heterocycles. The molecule has 0 saturated carbocycles. The Morgan fingerprint density at radius 2 is 1.96 bits per heavy atom. The number of piperidine rings is 1. The number of aryl methyl sites for hydroxylation is 1. The number of hydrogen-bond donors (Lipinski definition) is 0. The number of methoxy groups -OCH3 is 2. The Labute approximate surface area is 152 Å². The van der Waals surface area contributed by atoms with Gasteiger partial charge in [0, 0.05) is 32.0 Å². The van der Waals surface area contributed by atoms with Gasteiger partial charge in [-0.05, 0) is 24.6 Å². The van der Waals surface area contributed by atoms with Gasteiger partial charge in [-0.15, -0.1) is 10.2 Å². The maximum absolute atomic E-state index is 11.5. The average Bonchev–Trinajstić information content (AvgIpc) is 2.68. The van der Waals surface area contributed by atoms with Crippen molar-refractivity contribution in [2.75, 3.05) is 32.2 Å². The molecule has 8 heteroatoms. The van der Waals surface area contributed by atoms with Crippen LogP contribution in [0.4, 0.5) is 5.82 Å². The van der Waals surface area contributed by atoms with Crippen molar-refractivity contribution in [3.8, 4) is 11.6 Å². The van der Waals surface area contributed by atoms with E-state index in [1.165, 1.54) is 7.11 Å². The van der Waals surface area contributed by atoms with Gasteiger partial charge in [0.05, 0.1) is 20.4 Å². The van der Waals surface area contributed by atoms with E-state index in [1.807, 2.05) is 13.0 Å². The van der Waals surface area contributed by atoms with Crippen molar-refractivity contribution in [1.82, 2.24) is 15.2 Å². The van der Waals surface area contributed by atoms with Crippen LogP contribution in [-0.2, 0) is 4.74 Å². The van der Waals surface area contributed by atoms with Gasteiger partial charge in [0.25, 0.3) is 0 Å². The van der Waals surface area contributed by atoms with Crippen LogP contribution < -0.4 is 14.4 Å². The molecule has 0 aromatic carbocycles. The van der Waals surface area contributed by atoms with Gasteiger partial charge in [-0.3, -0.25) is 0 Å². The lowest BCUT2D eigenvalue weighted by Gasteiger charge is -2.33. The lowest BCUT2D eigenvalue weighted by molar-refractivity contribution is 0.0592. The van der Waals surface area contributed by atoms with Gasteiger partial charge in [0.1, 0.15) is 11.9 Å². The zero-order valence-electron chi connectivity index (χ0n) is 15.1. The fraction of sp³-hybridized carbons (Fsp3) is 0.444. The summed E-state index contributed by atoms with van der Waals surface area (Å²) in [5.74, 6) is 1.62. The third-order valence-electron chi connectivity index (χ3n) is 4.32. The predicted molar refractivity (Wildman–Crippen MR) is 94.8 cm³/mol. The van der Waals surface area contributed by atoms with Crippen molar-refractivity contribution in [1.29, 1.82) is 0 Å². The maximum atomic E-state index is 11.5. The van der Waals surface area contributed by atoms with Crippen molar-refractivity contribution in [2.24, 2.45) is 0 Å². The lowest BCUT2D eigenvalue weighted by atomic mass is 10.1. The zero-order valence-corrected chi connectivity index (χ0v) is 15.1. The van der Waals surface area contributed by atoms with Gasteiger partial charge in [-0.1, -0.05) is 0 Å². The number of ether oxygens (including phenoxy) is 3. The van der Waals surface area contributed by atoms with Gasteiger partial charge in [-0.2, -0.15) is 0 Å². The highest BCUT2D eigenvalue weighted by atomic mass is 16.5. The molecule has 0 N–H and O–H groups in total. The molecule has 1 aliphatic heterocycles. The highest BCUT2D eigenvalue weighted by Gasteiger charge is 2.23. The van der Waals surface area contributed by atoms with E-state index in [9.17, 15) is 4.79 Å². The Morgan fingerprint density at radius 3 is 2.54 bits per heavy atom. The molecule has 1 aliphatic rings. The van der Waals surface area contributed by atoms with E-state index in [2.05, 4.69) is 24.8 Å². The molecule has 8 nitrogen and oxygen atoms in total. The summed E-state index contributed by atoms with van der Waals surface area (Å²) in [6, 6.07) is 5.35. The molecule has 0 atom stereocenters. The molecule has 138 valence electrons. The highest BCUT2D eigenvalue weighted by Crippen LogP contribution is 2.24. The number of anilines is 1. The molecule has 1 fully saturated rings. The minimum absolute atomic E-state index is 0.129.